The van der Waals surface area contributed by atoms with Crippen molar-refractivity contribution in [2.75, 3.05) is 28.4 Å². The third-order valence-corrected chi connectivity index (χ3v) is 2.98. The van der Waals surface area contributed by atoms with Gasteiger partial charge < -0.3 is 23.9 Å². The van der Waals surface area contributed by atoms with Gasteiger partial charge in [0.15, 0.2) is 16.9 Å². The Morgan fingerprint density at radius 2 is 1.70 bits per heavy atom. The third-order valence-electron chi connectivity index (χ3n) is 2.98. The summed E-state index contributed by atoms with van der Waals surface area (Å²) in [5.74, 6) is 1.24. The molecule has 1 aromatic carbocycles. The molecular weight excluding hydrogens is 262 g/mol. The molecule has 0 aliphatic heterocycles. The van der Waals surface area contributed by atoms with Crippen LogP contribution in [0.2, 0.25) is 0 Å². The second-order valence-electron chi connectivity index (χ2n) is 4.16. The molecule has 20 heavy (non-hydrogen) atoms. The summed E-state index contributed by atoms with van der Waals surface area (Å²) in [7, 11) is 6.08. The van der Waals surface area contributed by atoms with Gasteiger partial charge in [0.25, 0.3) is 0 Å². The van der Waals surface area contributed by atoms with E-state index < -0.39 is 0 Å². The highest BCUT2D eigenvalue weighted by Crippen LogP contribution is 2.41. The molecule has 0 aliphatic rings. The molecule has 0 fully saturated rings. The minimum atomic E-state index is -0.163. The molecule has 0 atom stereocenters. The number of hydrogen-bond acceptors (Lipinski definition) is 5. The second-order valence-corrected chi connectivity index (χ2v) is 4.16. The van der Waals surface area contributed by atoms with Crippen LogP contribution >= 0.6 is 0 Å². The van der Waals surface area contributed by atoms with Gasteiger partial charge >= 0.3 is 0 Å². The van der Waals surface area contributed by atoms with Crippen molar-refractivity contribution in [3.05, 3.63) is 28.0 Å². The first kappa shape index (κ1) is 14.2. The minimum absolute atomic E-state index is 0.163. The van der Waals surface area contributed by atoms with Crippen LogP contribution in [0.4, 0.5) is 0 Å². The van der Waals surface area contributed by atoms with E-state index in [1.165, 1.54) is 27.4 Å². The zero-order valence-corrected chi connectivity index (χ0v) is 11.9. The zero-order valence-electron chi connectivity index (χ0n) is 11.9. The van der Waals surface area contributed by atoms with Crippen LogP contribution in [0.1, 0.15) is 5.69 Å². The van der Waals surface area contributed by atoms with Gasteiger partial charge in [-0.25, -0.2) is 0 Å². The Labute approximate surface area is 116 Å². The molecule has 1 N–H and O–H groups in total. The van der Waals surface area contributed by atoms with E-state index in [4.69, 9.17) is 18.9 Å². The number of hydrogen-bond donors (Lipinski definition) is 1. The van der Waals surface area contributed by atoms with Crippen molar-refractivity contribution in [3.8, 4) is 17.2 Å². The van der Waals surface area contributed by atoms with Crippen molar-refractivity contribution < 1.29 is 18.9 Å². The number of aromatic nitrogens is 1. The summed E-state index contributed by atoms with van der Waals surface area (Å²) in [5.41, 5.74) is 1.13. The topological polar surface area (TPSA) is 69.8 Å². The predicted molar refractivity (Wildman–Crippen MR) is 74.9 cm³/mol. The molecule has 6 heteroatoms. The SMILES string of the molecule is COCc1cc(=O)c2c(OC)c(OC)c(OC)cc2[nH]1. The average molecular weight is 279 g/mol. The number of methoxy groups -OCH3 is 4. The molecule has 0 bridgehead atoms. The van der Waals surface area contributed by atoms with Gasteiger partial charge in [-0.2, -0.15) is 0 Å². The first-order chi connectivity index (χ1) is 9.65. The van der Waals surface area contributed by atoms with Crippen molar-refractivity contribution in [1.29, 1.82) is 0 Å². The number of fused-ring (bicyclic) bond motifs is 1. The van der Waals surface area contributed by atoms with Crippen LogP contribution in [-0.2, 0) is 11.3 Å². The molecule has 0 unspecified atom stereocenters. The highest BCUT2D eigenvalue weighted by atomic mass is 16.5. The normalized spacial score (nSPS) is 10.6. The van der Waals surface area contributed by atoms with Gasteiger partial charge in [-0.1, -0.05) is 0 Å². The van der Waals surface area contributed by atoms with E-state index in [2.05, 4.69) is 4.98 Å². The molecule has 6 nitrogen and oxygen atoms in total. The first-order valence-electron chi connectivity index (χ1n) is 6.00. The van der Waals surface area contributed by atoms with Crippen molar-refractivity contribution in [1.82, 2.24) is 4.98 Å². The lowest BCUT2D eigenvalue weighted by molar-refractivity contribution is 0.181. The van der Waals surface area contributed by atoms with Crippen LogP contribution in [0.15, 0.2) is 16.9 Å². The molecule has 0 saturated carbocycles. The maximum Gasteiger partial charge on any atom is 0.204 e. The number of nitrogens with one attached hydrogen (secondary N) is 1. The lowest BCUT2D eigenvalue weighted by Crippen LogP contribution is -2.08. The molecule has 0 saturated heterocycles. The number of ether oxygens (including phenoxy) is 4. The summed E-state index contributed by atoms with van der Waals surface area (Å²) in [5, 5.41) is 0.421. The van der Waals surface area contributed by atoms with Crippen molar-refractivity contribution in [2.24, 2.45) is 0 Å². The van der Waals surface area contributed by atoms with Crippen LogP contribution in [0.3, 0.4) is 0 Å². The summed E-state index contributed by atoms with van der Waals surface area (Å²) >= 11 is 0. The Morgan fingerprint density at radius 3 is 2.25 bits per heavy atom. The molecule has 1 heterocycles. The first-order valence-corrected chi connectivity index (χ1v) is 6.00. The van der Waals surface area contributed by atoms with E-state index in [1.54, 1.807) is 13.2 Å². The van der Waals surface area contributed by atoms with E-state index in [0.717, 1.165) is 0 Å². The van der Waals surface area contributed by atoms with E-state index in [-0.39, 0.29) is 5.43 Å². The highest BCUT2D eigenvalue weighted by molar-refractivity contribution is 5.90. The van der Waals surface area contributed by atoms with Crippen molar-refractivity contribution in [2.45, 2.75) is 6.61 Å². The number of H-pyrrole nitrogens is 1. The molecular formula is C14H17NO5. The van der Waals surface area contributed by atoms with Crippen LogP contribution < -0.4 is 19.6 Å². The summed E-state index contributed by atoms with van der Waals surface area (Å²) < 4.78 is 20.9. The van der Waals surface area contributed by atoms with E-state index in [0.29, 0.717) is 40.5 Å². The van der Waals surface area contributed by atoms with Crippen LogP contribution in [0.25, 0.3) is 10.9 Å². The van der Waals surface area contributed by atoms with Gasteiger partial charge in [-0.15, -0.1) is 0 Å². The Balaban J connectivity index is 2.84. The second kappa shape index (κ2) is 5.83. The largest absolute Gasteiger partial charge is 0.493 e. The fourth-order valence-electron chi connectivity index (χ4n) is 2.17. The quantitative estimate of drug-likeness (QED) is 0.902. The minimum Gasteiger partial charge on any atom is -0.493 e. The Hall–Kier alpha value is -2.21. The van der Waals surface area contributed by atoms with Crippen molar-refractivity contribution >= 4 is 10.9 Å². The van der Waals surface area contributed by atoms with Gasteiger partial charge in [0, 0.05) is 24.9 Å². The van der Waals surface area contributed by atoms with E-state index in [1.807, 2.05) is 0 Å². The number of pyridine rings is 1. The molecule has 0 radical (unpaired) electrons. The summed E-state index contributed by atoms with van der Waals surface area (Å²) in [6, 6.07) is 3.19. The number of benzene rings is 1. The lowest BCUT2D eigenvalue weighted by atomic mass is 10.1. The number of aromatic amines is 1. The molecule has 108 valence electrons. The molecule has 0 spiro atoms. The van der Waals surface area contributed by atoms with Gasteiger partial charge in [0.2, 0.25) is 5.75 Å². The average Bonchev–Trinajstić information content (AvgIpc) is 2.45. The summed E-state index contributed by atoms with van der Waals surface area (Å²) in [4.78, 5) is 15.4. The Bertz CT molecular complexity index is 677. The van der Waals surface area contributed by atoms with Crippen LogP contribution in [0.5, 0.6) is 17.2 Å². The van der Waals surface area contributed by atoms with E-state index >= 15 is 0 Å². The van der Waals surface area contributed by atoms with Gasteiger partial charge in [-0.05, 0) is 0 Å². The standard InChI is InChI=1S/C14H17NO5/c1-17-7-8-5-10(16)12-9(15-8)6-11(18-2)13(19-3)14(12)20-4/h5-6H,7H2,1-4H3,(H,15,16). The maximum absolute atomic E-state index is 12.3. The monoisotopic (exact) mass is 279 g/mol. The highest BCUT2D eigenvalue weighted by Gasteiger charge is 2.18. The van der Waals surface area contributed by atoms with Crippen molar-refractivity contribution in [3.63, 3.8) is 0 Å². The predicted octanol–water partition coefficient (Wildman–Crippen LogP) is 1.70. The summed E-state index contributed by atoms with van der Waals surface area (Å²) in [6.45, 7) is 0.321. The van der Waals surface area contributed by atoms with Gasteiger partial charge in [-0.3, -0.25) is 4.79 Å². The Morgan fingerprint density at radius 1 is 1.00 bits per heavy atom. The lowest BCUT2D eigenvalue weighted by Gasteiger charge is -2.14. The van der Waals surface area contributed by atoms with Gasteiger partial charge in [0.05, 0.1) is 38.8 Å². The zero-order chi connectivity index (χ0) is 14.7. The fraction of sp³-hybridized carbons (Fsp3) is 0.357. The molecule has 2 aromatic rings. The van der Waals surface area contributed by atoms with Crippen LogP contribution in [0, 0.1) is 0 Å². The Kier molecular flexibility index (Phi) is 4.14. The van der Waals surface area contributed by atoms with Crippen LogP contribution in [-0.4, -0.2) is 33.4 Å². The molecule has 1 aromatic heterocycles. The third kappa shape index (κ3) is 2.30. The molecule has 0 aliphatic carbocycles. The fourth-order valence-corrected chi connectivity index (χ4v) is 2.17. The number of rotatable bonds is 5. The molecule has 2 rings (SSSR count). The summed E-state index contributed by atoms with van der Waals surface area (Å²) in [6.07, 6.45) is 0. The maximum atomic E-state index is 12.3. The van der Waals surface area contributed by atoms with Gasteiger partial charge in [0.1, 0.15) is 0 Å². The molecule has 0 amide bonds. The van der Waals surface area contributed by atoms with E-state index in [9.17, 15) is 4.79 Å². The smallest absolute Gasteiger partial charge is 0.204 e.